The van der Waals surface area contributed by atoms with Crippen molar-refractivity contribution in [3.63, 3.8) is 0 Å². The molecule has 0 amide bonds. The van der Waals surface area contributed by atoms with Gasteiger partial charge in [0.2, 0.25) is 0 Å². The van der Waals surface area contributed by atoms with Gasteiger partial charge in [-0.1, -0.05) is 44.4 Å². The smallest absolute Gasteiger partial charge is 0.0725 e. The highest BCUT2D eigenvalue weighted by atomic mass is 16.5. The van der Waals surface area contributed by atoms with Gasteiger partial charge in [0.15, 0.2) is 0 Å². The van der Waals surface area contributed by atoms with Crippen LogP contribution in [0, 0.1) is 11.8 Å². The molecular weight excluding hydrogens is 248 g/mol. The van der Waals surface area contributed by atoms with Gasteiger partial charge in [0.25, 0.3) is 0 Å². The molecule has 0 saturated heterocycles. The quantitative estimate of drug-likeness (QED) is 0.653. The molecule has 3 N–H and O–H groups in total. The molecule has 3 rings (SSSR count). The fraction of sp³-hybridized carbons (Fsp3) is 0.647. The molecule has 0 spiro atoms. The number of nitrogens with one attached hydrogen (secondary N) is 1. The molecule has 110 valence electrons. The summed E-state index contributed by atoms with van der Waals surface area (Å²) in [7, 11) is 0. The van der Waals surface area contributed by atoms with Crippen molar-refractivity contribution in [2.24, 2.45) is 17.7 Å². The summed E-state index contributed by atoms with van der Waals surface area (Å²) in [4.78, 5) is 0. The van der Waals surface area contributed by atoms with E-state index in [-0.39, 0.29) is 6.04 Å². The Hall–Kier alpha value is -0.900. The number of hydrazine groups is 1. The van der Waals surface area contributed by atoms with Gasteiger partial charge in [0, 0.05) is 6.04 Å². The van der Waals surface area contributed by atoms with Gasteiger partial charge >= 0.3 is 0 Å². The van der Waals surface area contributed by atoms with E-state index in [9.17, 15) is 0 Å². The normalized spacial score (nSPS) is 27.3. The third-order valence-electron chi connectivity index (χ3n) is 5.16. The summed E-state index contributed by atoms with van der Waals surface area (Å²) in [6, 6.07) is 7.02. The van der Waals surface area contributed by atoms with E-state index in [4.69, 9.17) is 10.6 Å². The maximum atomic E-state index is 5.89. The van der Waals surface area contributed by atoms with Gasteiger partial charge in [-0.25, -0.2) is 0 Å². The molecule has 3 heteroatoms. The zero-order valence-corrected chi connectivity index (χ0v) is 12.4. The average Bonchev–Trinajstić information content (AvgIpc) is 2.96. The lowest BCUT2D eigenvalue weighted by molar-refractivity contribution is 0.134. The Morgan fingerprint density at radius 3 is 2.95 bits per heavy atom. The van der Waals surface area contributed by atoms with E-state index in [1.807, 2.05) is 0 Å². The van der Waals surface area contributed by atoms with Crippen LogP contribution in [-0.4, -0.2) is 0 Å². The fourth-order valence-corrected chi connectivity index (χ4v) is 3.90. The molecule has 0 aromatic heterocycles. The number of rotatable bonds is 4. The third kappa shape index (κ3) is 2.76. The van der Waals surface area contributed by atoms with Crippen molar-refractivity contribution in [3.8, 4) is 0 Å². The van der Waals surface area contributed by atoms with Crippen LogP contribution in [0.5, 0.6) is 0 Å². The molecule has 1 aliphatic heterocycles. The number of fused-ring (bicyclic) bond motifs is 1. The molecule has 0 radical (unpaired) electrons. The molecule has 1 aromatic rings. The van der Waals surface area contributed by atoms with Crippen LogP contribution in [0.1, 0.15) is 61.8 Å². The Morgan fingerprint density at radius 1 is 1.30 bits per heavy atom. The van der Waals surface area contributed by atoms with Gasteiger partial charge in [-0.3, -0.25) is 11.3 Å². The van der Waals surface area contributed by atoms with E-state index in [1.165, 1.54) is 48.8 Å². The highest BCUT2D eigenvalue weighted by Gasteiger charge is 2.28. The maximum Gasteiger partial charge on any atom is 0.0725 e. The van der Waals surface area contributed by atoms with Crippen molar-refractivity contribution >= 4 is 0 Å². The molecule has 3 atom stereocenters. The van der Waals surface area contributed by atoms with Crippen LogP contribution in [0.2, 0.25) is 0 Å². The number of hydrogen-bond acceptors (Lipinski definition) is 3. The van der Waals surface area contributed by atoms with Crippen LogP contribution in [0.3, 0.4) is 0 Å². The van der Waals surface area contributed by atoms with Crippen LogP contribution >= 0.6 is 0 Å². The Labute approximate surface area is 121 Å². The second kappa shape index (κ2) is 6.25. The van der Waals surface area contributed by atoms with Crippen molar-refractivity contribution in [2.75, 3.05) is 0 Å². The summed E-state index contributed by atoms with van der Waals surface area (Å²) in [5.74, 6) is 7.43. The molecule has 0 bridgehead atoms. The molecule has 1 aliphatic carbocycles. The highest BCUT2D eigenvalue weighted by molar-refractivity contribution is 5.35. The first-order valence-corrected chi connectivity index (χ1v) is 7.97. The lowest BCUT2D eigenvalue weighted by Gasteiger charge is -2.34. The number of hydrogen-bond donors (Lipinski definition) is 2. The summed E-state index contributed by atoms with van der Waals surface area (Å²) in [6.07, 6.45) is 6.63. The van der Waals surface area contributed by atoms with Gasteiger partial charge in [-0.05, 0) is 41.4 Å². The SMILES string of the molecule is CCC1CCCC(C(NN)c2ccc3c(c2)COC3)C1. The summed E-state index contributed by atoms with van der Waals surface area (Å²) < 4.78 is 5.51. The first kappa shape index (κ1) is 14.1. The van der Waals surface area contributed by atoms with Gasteiger partial charge in [0.05, 0.1) is 13.2 Å². The van der Waals surface area contributed by atoms with E-state index in [2.05, 4.69) is 30.5 Å². The van der Waals surface area contributed by atoms with E-state index in [1.54, 1.807) is 0 Å². The lowest BCUT2D eigenvalue weighted by Crippen LogP contribution is -2.35. The van der Waals surface area contributed by atoms with Crippen LogP contribution in [0.4, 0.5) is 0 Å². The Balaban J connectivity index is 1.78. The van der Waals surface area contributed by atoms with E-state index in [0.717, 1.165) is 19.1 Å². The van der Waals surface area contributed by atoms with Crippen LogP contribution < -0.4 is 11.3 Å². The van der Waals surface area contributed by atoms with Crippen molar-refractivity contribution in [2.45, 2.75) is 58.3 Å². The van der Waals surface area contributed by atoms with Gasteiger partial charge in [0.1, 0.15) is 0 Å². The first-order valence-electron chi connectivity index (χ1n) is 7.97. The minimum absolute atomic E-state index is 0.287. The maximum absolute atomic E-state index is 5.89. The third-order valence-corrected chi connectivity index (χ3v) is 5.16. The summed E-state index contributed by atoms with van der Waals surface area (Å²) >= 11 is 0. The Bertz CT molecular complexity index is 460. The minimum Gasteiger partial charge on any atom is -0.372 e. The summed E-state index contributed by atoms with van der Waals surface area (Å²) in [5, 5.41) is 0. The molecule has 1 aromatic carbocycles. The minimum atomic E-state index is 0.287. The molecule has 1 saturated carbocycles. The van der Waals surface area contributed by atoms with E-state index in [0.29, 0.717) is 5.92 Å². The second-order valence-corrected chi connectivity index (χ2v) is 6.37. The van der Waals surface area contributed by atoms with Crippen LogP contribution in [0.15, 0.2) is 18.2 Å². The molecule has 2 aliphatic rings. The number of nitrogens with two attached hydrogens (primary N) is 1. The monoisotopic (exact) mass is 274 g/mol. The average molecular weight is 274 g/mol. The van der Waals surface area contributed by atoms with Crippen molar-refractivity contribution < 1.29 is 4.74 Å². The van der Waals surface area contributed by atoms with Crippen molar-refractivity contribution in [3.05, 3.63) is 34.9 Å². The van der Waals surface area contributed by atoms with Crippen molar-refractivity contribution in [1.29, 1.82) is 0 Å². The molecule has 1 fully saturated rings. The molecule has 3 unspecified atom stereocenters. The summed E-state index contributed by atoms with van der Waals surface area (Å²) in [6.45, 7) is 3.82. The van der Waals surface area contributed by atoms with Gasteiger partial charge in [-0.2, -0.15) is 0 Å². The predicted molar refractivity (Wildman–Crippen MR) is 80.7 cm³/mol. The Morgan fingerprint density at radius 2 is 2.15 bits per heavy atom. The molecular formula is C17H26N2O. The van der Waals surface area contributed by atoms with E-state index >= 15 is 0 Å². The lowest BCUT2D eigenvalue weighted by atomic mass is 9.75. The van der Waals surface area contributed by atoms with Gasteiger partial charge in [-0.15, -0.1) is 0 Å². The van der Waals surface area contributed by atoms with Gasteiger partial charge < -0.3 is 4.74 Å². The topological polar surface area (TPSA) is 47.3 Å². The van der Waals surface area contributed by atoms with Crippen LogP contribution in [-0.2, 0) is 18.0 Å². The second-order valence-electron chi connectivity index (χ2n) is 6.37. The Kier molecular flexibility index (Phi) is 4.39. The van der Waals surface area contributed by atoms with Crippen molar-refractivity contribution in [1.82, 2.24) is 5.43 Å². The summed E-state index contributed by atoms with van der Waals surface area (Å²) in [5.41, 5.74) is 7.09. The zero-order valence-electron chi connectivity index (χ0n) is 12.4. The van der Waals surface area contributed by atoms with Crippen LogP contribution in [0.25, 0.3) is 0 Å². The molecule has 1 heterocycles. The number of benzene rings is 1. The fourth-order valence-electron chi connectivity index (χ4n) is 3.90. The standard InChI is InChI=1S/C17H26N2O/c1-2-12-4-3-5-13(8-12)17(19-18)14-6-7-15-10-20-11-16(15)9-14/h6-7,9,12-13,17,19H,2-5,8,10-11,18H2,1H3. The molecule has 3 nitrogen and oxygen atoms in total. The number of ether oxygens (including phenoxy) is 1. The van der Waals surface area contributed by atoms with E-state index < -0.39 is 0 Å². The molecule has 20 heavy (non-hydrogen) atoms. The first-order chi connectivity index (χ1) is 9.81. The largest absolute Gasteiger partial charge is 0.372 e. The predicted octanol–water partition coefficient (Wildman–Crippen LogP) is 3.44. The highest BCUT2D eigenvalue weighted by Crippen LogP contribution is 2.38. The zero-order chi connectivity index (χ0) is 13.9.